The van der Waals surface area contributed by atoms with Crippen LogP contribution in [-0.4, -0.2) is 39.1 Å². The second kappa shape index (κ2) is 8.31. The summed E-state index contributed by atoms with van der Waals surface area (Å²) >= 11 is 0. The van der Waals surface area contributed by atoms with Crippen molar-refractivity contribution < 1.29 is 19.4 Å². The molecule has 0 bridgehead atoms. The number of imidazole rings is 1. The van der Waals surface area contributed by atoms with Crippen LogP contribution in [-0.2, 0) is 10.5 Å². The lowest BCUT2D eigenvalue weighted by Crippen LogP contribution is -2.46. The molecule has 2 atom stereocenters. The molecule has 0 radical (unpaired) electrons. The van der Waals surface area contributed by atoms with Crippen LogP contribution in [0.1, 0.15) is 46.4 Å². The van der Waals surface area contributed by atoms with E-state index >= 15 is 0 Å². The number of amides is 2. The van der Waals surface area contributed by atoms with E-state index in [-0.39, 0.29) is 17.9 Å². The standard InChI is InChI=1S/C26H24N4O4/c1-3-22(16-9-5-4-6-10-16)30-23(31)18-11-7-8-12-19(18)26(30,33)17-13-14-20-21(15-17)28-24(27-20)29-25(32)34-2/h4-15,22,33H,3H2,1-2H3,(H2,27,28,29,32)/t22-,26?/m1/s1. The molecule has 4 aromatic rings. The second-order valence-corrected chi connectivity index (χ2v) is 8.16. The highest BCUT2D eigenvalue weighted by atomic mass is 16.5. The van der Waals surface area contributed by atoms with E-state index in [2.05, 4.69) is 20.0 Å². The van der Waals surface area contributed by atoms with Crippen LogP contribution in [0.2, 0.25) is 0 Å². The molecule has 2 heterocycles. The van der Waals surface area contributed by atoms with E-state index in [9.17, 15) is 14.7 Å². The lowest BCUT2D eigenvalue weighted by molar-refractivity contribution is -0.0715. The fraction of sp³-hybridized carbons (Fsp3) is 0.192. The van der Waals surface area contributed by atoms with Gasteiger partial charge in [0.1, 0.15) is 0 Å². The van der Waals surface area contributed by atoms with E-state index in [1.165, 1.54) is 7.11 Å². The van der Waals surface area contributed by atoms with E-state index in [0.717, 1.165) is 5.56 Å². The average molecular weight is 457 g/mol. The molecule has 1 unspecified atom stereocenters. The van der Waals surface area contributed by atoms with Crippen LogP contribution in [0.3, 0.4) is 0 Å². The van der Waals surface area contributed by atoms with Crippen LogP contribution < -0.4 is 5.32 Å². The summed E-state index contributed by atoms with van der Waals surface area (Å²) in [5, 5.41) is 14.8. The third-order valence-electron chi connectivity index (χ3n) is 6.27. The number of rotatable bonds is 5. The van der Waals surface area contributed by atoms with Crippen LogP contribution in [0.15, 0.2) is 72.8 Å². The highest BCUT2D eigenvalue weighted by Gasteiger charge is 2.52. The summed E-state index contributed by atoms with van der Waals surface area (Å²) in [7, 11) is 1.27. The Morgan fingerprint density at radius 3 is 2.62 bits per heavy atom. The van der Waals surface area contributed by atoms with Gasteiger partial charge in [-0.05, 0) is 30.2 Å². The molecule has 1 aromatic heterocycles. The van der Waals surface area contributed by atoms with Crippen molar-refractivity contribution >= 4 is 29.0 Å². The maximum absolute atomic E-state index is 13.7. The number of hydrogen-bond donors (Lipinski definition) is 3. The number of nitrogens with one attached hydrogen (secondary N) is 2. The van der Waals surface area contributed by atoms with Crippen LogP contribution in [0.4, 0.5) is 10.7 Å². The van der Waals surface area contributed by atoms with Gasteiger partial charge in [0, 0.05) is 16.7 Å². The molecule has 172 valence electrons. The minimum absolute atomic E-state index is 0.224. The number of methoxy groups -OCH3 is 1. The zero-order valence-corrected chi connectivity index (χ0v) is 18.8. The fourth-order valence-electron chi connectivity index (χ4n) is 4.72. The van der Waals surface area contributed by atoms with Gasteiger partial charge in [0.2, 0.25) is 5.95 Å². The Labute approximate surface area is 196 Å². The van der Waals surface area contributed by atoms with Gasteiger partial charge < -0.3 is 14.8 Å². The number of benzene rings is 3. The first-order valence-electron chi connectivity index (χ1n) is 11.0. The third-order valence-corrected chi connectivity index (χ3v) is 6.27. The van der Waals surface area contributed by atoms with Crippen molar-refractivity contribution in [2.75, 3.05) is 12.4 Å². The van der Waals surface area contributed by atoms with Crippen molar-refractivity contribution in [3.63, 3.8) is 0 Å². The van der Waals surface area contributed by atoms with Crippen LogP contribution in [0.5, 0.6) is 0 Å². The number of anilines is 1. The monoisotopic (exact) mass is 456 g/mol. The van der Waals surface area contributed by atoms with Gasteiger partial charge in [0.25, 0.3) is 5.91 Å². The summed E-state index contributed by atoms with van der Waals surface area (Å²) in [4.78, 5) is 34.2. The van der Waals surface area contributed by atoms with Crippen molar-refractivity contribution in [1.82, 2.24) is 14.9 Å². The first kappa shape index (κ1) is 21.7. The topological polar surface area (TPSA) is 108 Å². The normalized spacial score (nSPS) is 18.1. The minimum Gasteiger partial charge on any atom is -0.453 e. The van der Waals surface area contributed by atoms with Crippen LogP contribution in [0, 0.1) is 0 Å². The van der Waals surface area contributed by atoms with Gasteiger partial charge in [0.05, 0.1) is 24.2 Å². The van der Waals surface area contributed by atoms with Crippen molar-refractivity contribution in [3.8, 4) is 0 Å². The van der Waals surface area contributed by atoms with Crippen LogP contribution in [0.25, 0.3) is 11.0 Å². The van der Waals surface area contributed by atoms with Crippen molar-refractivity contribution in [3.05, 3.63) is 95.1 Å². The summed E-state index contributed by atoms with van der Waals surface area (Å²) in [6.07, 6.45) is -0.0287. The number of ether oxygens (including phenoxy) is 1. The second-order valence-electron chi connectivity index (χ2n) is 8.16. The van der Waals surface area contributed by atoms with E-state index in [1.54, 1.807) is 41.3 Å². The van der Waals surface area contributed by atoms with Gasteiger partial charge in [0.15, 0.2) is 5.72 Å². The first-order chi connectivity index (χ1) is 16.5. The van der Waals surface area contributed by atoms with Crippen molar-refractivity contribution in [1.29, 1.82) is 0 Å². The van der Waals surface area contributed by atoms with E-state index in [1.807, 2.05) is 43.3 Å². The van der Waals surface area contributed by atoms with Gasteiger partial charge in [-0.15, -0.1) is 0 Å². The number of carbonyl (C=O) groups excluding carboxylic acids is 2. The summed E-state index contributed by atoms with van der Waals surface area (Å²) in [6, 6.07) is 21.8. The van der Waals surface area contributed by atoms with Crippen LogP contribution >= 0.6 is 0 Å². The Hall–Kier alpha value is -4.17. The van der Waals surface area contributed by atoms with Gasteiger partial charge in [-0.1, -0.05) is 61.5 Å². The Morgan fingerprint density at radius 1 is 1.15 bits per heavy atom. The third kappa shape index (κ3) is 3.31. The smallest absolute Gasteiger partial charge is 0.413 e. The summed E-state index contributed by atoms with van der Waals surface area (Å²) in [6.45, 7) is 2.00. The molecule has 5 rings (SSSR count). The maximum atomic E-state index is 13.7. The Balaban J connectivity index is 1.66. The van der Waals surface area contributed by atoms with Gasteiger partial charge >= 0.3 is 6.09 Å². The van der Waals surface area contributed by atoms with Gasteiger partial charge in [-0.25, -0.2) is 9.78 Å². The molecule has 3 aromatic carbocycles. The molecular weight excluding hydrogens is 432 g/mol. The molecule has 3 N–H and O–H groups in total. The van der Waals surface area contributed by atoms with Crippen molar-refractivity contribution in [2.45, 2.75) is 25.1 Å². The molecule has 1 aliphatic heterocycles. The number of aliphatic hydroxyl groups is 1. The molecule has 0 fully saturated rings. The molecule has 8 nitrogen and oxygen atoms in total. The number of aromatic amines is 1. The molecule has 0 spiro atoms. The summed E-state index contributed by atoms with van der Waals surface area (Å²) in [5.41, 5.74) is 1.95. The highest BCUT2D eigenvalue weighted by Crippen LogP contribution is 2.47. The zero-order valence-electron chi connectivity index (χ0n) is 18.8. The number of aromatic nitrogens is 2. The Kier molecular flexibility index (Phi) is 5.30. The first-order valence-corrected chi connectivity index (χ1v) is 11.0. The number of fused-ring (bicyclic) bond motifs is 2. The number of hydrogen-bond acceptors (Lipinski definition) is 5. The fourth-order valence-corrected chi connectivity index (χ4v) is 4.72. The number of carbonyl (C=O) groups is 2. The summed E-state index contributed by atoms with van der Waals surface area (Å²) < 4.78 is 4.62. The predicted octanol–water partition coefficient (Wildman–Crippen LogP) is 4.54. The molecule has 34 heavy (non-hydrogen) atoms. The van der Waals surface area contributed by atoms with E-state index < -0.39 is 11.8 Å². The predicted molar refractivity (Wildman–Crippen MR) is 127 cm³/mol. The molecule has 2 amide bonds. The molecule has 0 aliphatic carbocycles. The quantitative estimate of drug-likeness (QED) is 0.409. The largest absolute Gasteiger partial charge is 0.453 e. The minimum atomic E-state index is -1.70. The maximum Gasteiger partial charge on any atom is 0.413 e. The molecule has 1 aliphatic rings. The number of H-pyrrole nitrogens is 1. The average Bonchev–Trinajstić information content (AvgIpc) is 3.37. The van der Waals surface area contributed by atoms with Gasteiger partial charge in [-0.3, -0.25) is 15.0 Å². The molecule has 8 heteroatoms. The Morgan fingerprint density at radius 2 is 1.88 bits per heavy atom. The van der Waals surface area contributed by atoms with E-state index in [4.69, 9.17) is 0 Å². The molecule has 0 saturated heterocycles. The highest BCUT2D eigenvalue weighted by molar-refractivity contribution is 6.01. The number of nitrogens with zero attached hydrogens (tertiary/aromatic N) is 2. The lowest BCUT2D eigenvalue weighted by atomic mass is 9.91. The van der Waals surface area contributed by atoms with Gasteiger partial charge in [-0.2, -0.15) is 0 Å². The molecule has 0 saturated carbocycles. The van der Waals surface area contributed by atoms with Crippen molar-refractivity contribution in [2.24, 2.45) is 0 Å². The SMILES string of the molecule is CC[C@H](c1ccccc1)N1C(=O)c2ccccc2C1(O)c1ccc2nc(NC(=O)OC)[nH]c2c1. The lowest BCUT2D eigenvalue weighted by Gasteiger charge is -2.40. The summed E-state index contributed by atoms with van der Waals surface area (Å²) in [5.74, 6) is -0.00646. The Bertz CT molecular complexity index is 1380. The zero-order chi connectivity index (χ0) is 23.9. The van der Waals surface area contributed by atoms with E-state index in [0.29, 0.717) is 34.1 Å². The molecular formula is C26H24N4O4.